The average molecular weight is 226 g/mol. The van der Waals surface area contributed by atoms with Gasteiger partial charge in [-0.25, -0.2) is 4.79 Å². The fraction of sp³-hybridized carbons (Fsp3) is 0.545. The Morgan fingerprint density at radius 3 is 2.73 bits per heavy atom. The predicted octanol–water partition coefficient (Wildman–Crippen LogP) is 2.59. The topological polar surface area (TPSA) is 41.1 Å². The van der Waals surface area contributed by atoms with Crippen LogP contribution in [0, 0.1) is 5.92 Å². The fourth-order valence-corrected chi connectivity index (χ4v) is 1.65. The zero-order valence-corrected chi connectivity index (χ0v) is 10.2. The van der Waals surface area contributed by atoms with E-state index < -0.39 is 0 Å². The summed E-state index contributed by atoms with van der Waals surface area (Å²) in [4.78, 5) is 12.6. The van der Waals surface area contributed by atoms with Crippen molar-refractivity contribution in [2.24, 2.45) is 5.92 Å². The van der Waals surface area contributed by atoms with E-state index in [2.05, 4.69) is 24.5 Å². The lowest BCUT2D eigenvalue weighted by molar-refractivity contribution is 0.234. The normalized spacial score (nSPS) is 12.5. The van der Waals surface area contributed by atoms with Crippen LogP contribution in [0.3, 0.4) is 0 Å². The molecule has 0 fully saturated rings. The quantitative estimate of drug-likeness (QED) is 0.814. The summed E-state index contributed by atoms with van der Waals surface area (Å²) in [5.41, 5.74) is 0. The van der Waals surface area contributed by atoms with Gasteiger partial charge in [0.2, 0.25) is 0 Å². The van der Waals surface area contributed by atoms with Gasteiger partial charge in [0, 0.05) is 10.9 Å². The largest absolute Gasteiger partial charge is 0.335 e. The summed E-state index contributed by atoms with van der Waals surface area (Å²) in [6, 6.07) is 4.10. The van der Waals surface area contributed by atoms with Gasteiger partial charge >= 0.3 is 6.03 Å². The van der Waals surface area contributed by atoms with E-state index in [1.807, 2.05) is 24.4 Å². The van der Waals surface area contributed by atoms with Crippen LogP contribution in [0.5, 0.6) is 0 Å². The van der Waals surface area contributed by atoms with Crippen molar-refractivity contribution in [2.45, 2.75) is 33.4 Å². The summed E-state index contributed by atoms with van der Waals surface area (Å²) < 4.78 is 0. The van der Waals surface area contributed by atoms with Crippen molar-refractivity contribution in [2.75, 3.05) is 0 Å². The molecule has 0 bridgehead atoms. The number of nitrogens with one attached hydrogen (secondary N) is 2. The molecule has 15 heavy (non-hydrogen) atoms. The second-order valence-electron chi connectivity index (χ2n) is 3.94. The lowest BCUT2D eigenvalue weighted by atomic mass is 10.1. The first-order valence-electron chi connectivity index (χ1n) is 5.16. The van der Waals surface area contributed by atoms with Crippen LogP contribution in [0.4, 0.5) is 4.79 Å². The molecule has 1 atom stereocenters. The van der Waals surface area contributed by atoms with Gasteiger partial charge in [0.1, 0.15) is 0 Å². The molecule has 0 aliphatic heterocycles. The van der Waals surface area contributed by atoms with Crippen molar-refractivity contribution in [1.82, 2.24) is 10.6 Å². The van der Waals surface area contributed by atoms with Crippen LogP contribution in [0.1, 0.15) is 25.6 Å². The molecule has 1 aromatic heterocycles. The van der Waals surface area contributed by atoms with Gasteiger partial charge in [-0.1, -0.05) is 19.9 Å². The first-order valence-corrected chi connectivity index (χ1v) is 6.04. The van der Waals surface area contributed by atoms with Gasteiger partial charge < -0.3 is 10.6 Å². The fourth-order valence-electron chi connectivity index (χ4n) is 1.01. The van der Waals surface area contributed by atoms with Crippen LogP contribution in [0.15, 0.2) is 17.5 Å². The number of thiophene rings is 1. The van der Waals surface area contributed by atoms with Crippen LogP contribution in [0.2, 0.25) is 0 Å². The minimum Gasteiger partial charge on any atom is -0.335 e. The van der Waals surface area contributed by atoms with E-state index >= 15 is 0 Å². The van der Waals surface area contributed by atoms with E-state index in [4.69, 9.17) is 0 Å². The summed E-state index contributed by atoms with van der Waals surface area (Å²) in [5, 5.41) is 7.73. The van der Waals surface area contributed by atoms with Crippen molar-refractivity contribution in [3.05, 3.63) is 22.4 Å². The molecule has 0 saturated carbocycles. The van der Waals surface area contributed by atoms with E-state index in [1.54, 1.807) is 11.3 Å². The van der Waals surface area contributed by atoms with Crippen LogP contribution in [-0.4, -0.2) is 12.1 Å². The number of hydrogen-bond donors (Lipinski definition) is 2. The van der Waals surface area contributed by atoms with Crippen molar-refractivity contribution in [3.63, 3.8) is 0 Å². The second-order valence-corrected chi connectivity index (χ2v) is 4.97. The number of carbonyl (C=O) groups is 1. The Bertz CT molecular complexity index is 296. The highest BCUT2D eigenvalue weighted by atomic mass is 32.1. The van der Waals surface area contributed by atoms with Gasteiger partial charge in [0.15, 0.2) is 0 Å². The van der Waals surface area contributed by atoms with Crippen molar-refractivity contribution in [3.8, 4) is 0 Å². The minimum absolute atomic E-state index is 0.0930. The lowest BCUT2D eigenvalue weighted by Gasteiger charge is -2.17. The van der Waals surface area contributed by atoms with Crippen LogP contribution >= 0.6 is 11.3 Å². The van der Waals surface area contributed by atoms with Gasteiger partial charge in [-0.3, -0.25) is 0 Å². The summed E-state index contributed by atoms with van der Waals surface area (Å²) in [7, 11) is 0. The van der Waals surface area contributed by atoms with E-state index in [9.17, 15) is 4.79 Å². The Kier molecular flexibility index (Phi) is 4.62. The third-order valence-corrected chi connectivity index (χ3v) is 3.24. The average Bonchev–Trinajstić information content (AvgIpc) is 2.66. The molecule has 2 N–H and O–H groups in total. The molecule has 1 heterocycles. The highest BCUT2D eigenvalue weighted by molar-refractivity contribution is 7.09. The van der Waals surface area contributed by atoms with E-state index in [0.29, 0.717) is 12.5 Å². The molecule has 0 aliphatic rings. The van der Waals surface area contributed by atoms with Crippen LogP contribution < -0.4 is 10.6 Å². The van der Waals surface area contributed by atoms with Crippen molar-refractivity contribution in [1.29, 1.82) is 0 Å². The minimum atomic E-state index is -0.0930. The lowest BCUT2D eigenvalue weighted by Crippen LogP contribution is -2.42. The number of urea groups is 1. The van der Waals surface area contributed by atoms with Crippen molar-refractivity contribution < 1.29 is 4.79 Å². The summed E-state index contributed by atoms with van der Waals surface area (Å²) in [6.45, 7) is 6.79. The van der Waals surface area contributed by atoms with E-state index in [1.165, 1.54) is 4.88 Å². The van der Waals surface area contributed by atoms with E-state index in [0.717, 1.165) is 0 Å². The molecular weight excluding hydrogens is 208 g/mol. The Morgan fingerprint density at radius 2 is 2.20 bits per heavy atom. The SMILES string of the molecule is CC(C)C(C)NC(=O)NCc1cccs1. The molecule has 3 nitrogen and oxygen atoms in total. The Balaban J connectivity index is 2.25. The highest BCUT2D eigenvalue weighted by Gasteiger charge is 2.09. The van der Waals surface area contributed by atoms with Gasteiger partial charge in [-0.2, -0.15) is 0 Å². The molecule has 1 unspecified atom stereocenters. The van der Waals surface area contributed by atoms with Gasteiger partial charge in [-0.15, -0.1) is 11.3 Å². The Morgan fingerprint density at radius 1 is 1.47 bits per heavy atom. The molecule has 1 aromatic rings. The molecule has 0 radical (unpaired) electrons. The third-order valence-electron chi connectivity index (χ3n) is 2.36. The Labute approximate surface area is 94.9 Å². The standard InChI is InChI=1S/C11H18N2OS/c1-8(2)9(3)13-11(14)12-7-10-5-4-6-15-10/h4-6,8-9H,7H2,1-3H3,(H2,12,13,14). The molecule has 4 heteroatoms. The van der Waals surface area contributed by atoms with Crippen LogP contribution in [-0.2, 0) is 6.54 Å². The van der Waals surface area contributed by atoms with Crippen molar-refractivity contribution >= 4 is 17.4 Å². The zero-order valence-electron chi connectivity index (χ0n) is 9.41. The molecular formula is C11H18N2OS. The number of carbonyl (C=O) groups excluding carboxylic acids is 1. The first kappa shape index (κ1) is 12.0. The molecule has 0 aromatic carbocycles. The maximum atomic E-state index is 11.4. The first-order chi connectivity index (χ1) is 7.09. The molecule has 0 spiro atoms. The summed E-state index contributed by atoms with van der Waals surface area (Å²) >= 11 is 1.65. The number of rotatable bonds is 4. The van der Waals surface area contributed by atoms with Crippen LogP contribution in [0.25, 0.3) is 0 Å². The van der Waals surface area contributed by atoms with E-state index in [-0.39, 0.29) is 12.1 Å². The molecule has 2 amide bonds. The summed E-state index contributed by atoms with van der Waals surface area (Å²) in [5.74, 6) is 0.456. The highest BCUT2D eigenvalue weighted by Crippen LogP contribution is 2.07. The number of amides is 2. The van der Waals surface area contributed by atoms with Gasteiger partial charge in [0.25, 0.3) is 0 Å². The smallest absolute Gasteiger partial charge is 0.315 e. The van der Waals surface area contributed by atoms with Gasteiger partial charge in [0.05, 0.1) is 6.54 Å². The molecule has 0 saturated heterocycles. The third kappa shape index (κ3) is 4.34. The maximum Gasteiger partial charge on any atom is 0.315 e. The monoisotopic (exact) mass is 226 g/mol. The second kappa shape index (κ2) is 5.75. The molecule has 0 aliphatic carbocycles. The summed E-state index contributed by atoms with van der Waals surface area (Å²) in [6.07, 6.45) is 0. The zero-order chi connectivity index (χ0) is 11.3. The predicted molar refractivity (Wildman–Crippen MR) is 64.0 cm³/mol. The Hall–Kier alpha value is -1.03. The van der Waals surface area contributed by atoms with Gasteiger partial charge in [-0.05, 0) is 24.3 Å². The maximum absolute atomic E-state index is 11.4. The molecule has 84 valence electrons. The number of hydrogen-bond acceptors (Lipinski definition) is 2. The molecule has 1 rings (SSSR count).